The number of piperazine rings is 1. The van der Waals surface area contributed by atoms with E-state index in [1.54, 1.807) is 30.9 Å². The van der Waals surface area contributed by atoms with Crippen molar-refractivity contribution in [3.05, 3.63) is 95.8 Å². The first-order valence-electron chi connectivity index (χ1n) is 22.0. The SMILES string of the molecule is Cc1c(C(C)NC(=O)c2noc(C(C)(C)C)n2)ccc(-c2ncnc3[nH]c(-c4ccc(N5CCN(CC6CCN(c7ccc(N8CCC(=O)NC8=O)cc7)CC6)CC5)nc4)cc23)c1F. The van der Waals surface area contributed by atoms with Crippen LogP contribution in [0.3, 0.4) is 0 Å². The number of aromatic amines is 1. The number of urea groups is 1. The molecule has 17 heteroatoms. The second-order valence-corrected chi connectivity index (χ2v) is 18.1. The number of carbonyl (C=O) groups is 3. The van der Waals surface area contributed by atoms with E-state index in [1.165, 1.54) is 6.33 Å². The summed E-state index contributed by atoms with van der Waals surface area (Å²) in [6.45, 7) is 16.5. The topological polar surface area (TPSA) is 182 Å². The van der Waals surface area contributed by atoms with Crippen LogP contribution in [0.5, 0.6) is 0 Å². The van der Waals surface area contributed by atoms with E-state index in [4.69, 9.17) is 9.51 Å². The first-order chi connectivity index (χ1) is 30.8. The van der Waals surface area contributed by atoms with Crippen LogP contribution in [-0.2, 0) is 10.2 Å². The first-order valence-corrected chi connectivity index (χ1v) is 22.0. The molecule has 0 bridgehead atoms. The Morgan fingerprint density at radius 2 is 1.67 bits per heavy atom. The van der Waals surface area contributed by atoms with Gasteiger partial charge < -0.3 is 24.6 Å². The van der Waals surface area contributed by atoms with Crippen LogP contribution in [0.2, 0.25) is 0 Å². The van der Waals surface area contributed by atoms with Crippen LogP contribution >= 0.6 is 0 Å². The molecule has 1 unspecified atom stereocenters. The molecule has 6 aromatic rings. The molecule has 3 fully saturated rings. The molecule has 0 spiro atoms. The number of anilines is 3. The molecule has 4 amide bonds. The molecule has 2 aromatic carbocycles. The highest BCUT2D eigenvalue weighted by molar-refractivity contribution is 6.05. The van der Waals surface area contributed by atoms with Crippen LogP contribution in [0.25, 0.3) is 33.5 Å². The van der Waals surface area contributed by atoms with Gasteiger partial charge in [-0.3, -0.25) is 24.7 Å². The number of pyridine rings is 1. The van der Waals surface area contributed by atoms with E-state index in [9.17, 15) is 14.4 Å². The molecule has 3 aliphatic rings. The van der Waals surface area contributed by atoms with Gasteiger partial charge in [0.05, 0.1) is 11.7 Å². The van der Waals surface area contributed by atoms with Gasteiger partial charge in [-0.25, -0.2) is 24.1 Å². The van der Waals surface area contributed by atoms with Gasteiger partial charge in [0.25, 0.3) is 11.7 Å². The fourth-order valence-corrected chi connectivity index (χ4v) is 8.91. The van der Waals surface area contributed by atoms with Crippen molar-refractivity contribution >= 4 is 46.1 Å². The van der Waals surface area contributed by atoms with Crippen LogP contribution in [0, 0.1) is 18.7 Å². The number of H-pyrrole nitrogens is 1. The van der Waals surface area contributed by atoms with Crippen molar-refractivity contribution in [2.45, 2.75) is 65.3 Å². The Balaban J connectivity index is 0.781. The van der Waals surface area contributed by atoms with Crippen molar-refractivity contribution in [2.75, 3.05) is 67.1 Å². The zero-order valence-corrected chi connectivity index (χ0v) is 36.8. The van der Waals surface area contributed by atoms with Crippen LogP contribution in [-0.4, -0.2) is 105 Å². The van der Waals surface area contributed by atoms with Crippen molar-refractivity contribution in [1.82, 2.24) is 45.6 Å². The minimum Gasteiger partial charge on any atom is -0.372 e. The highest BCUT2D eigenvalue weighted by Gasteiger charge is 2.29. The van der Waals surface area contributed by atoms with Crippen LogP contribution in [0.1, 0.15) is 80.6 Å². The van der Waals surface area contributed by atoms with Crippen molar-refractivity contribution in [3.63, 3.8) is 0 Å². The summed E-state index contributed by atoms with van der Waals surface area (Å²) in [7, 11) is 0. The van der Waals surface area contributed by atoms with E-state index in [-0.39, 0.29) is 17.8 Å². The molecule has 3 aliphatic heterocycles. The smallest absolute Gasteiger partial charge is 0.328 e. The number of carbonyl (C=O) groups excluding carboxylic acids is 3. The summed E-state index contributed by atoms with van der Waals surface area (Å²) in [6.07, 6.45) is 5.87. The van der Waals surface area contributed by atoms with Crippen molar-refractivity contribution < 1.29 is 23.3 Å². The maximum absolute atomic E-state index is 16.2. The van der Waals surface area contributed by atoms with Crippen molar-refractivity contribution in [3.8, 4) is 22.5 Å². The van der Waals surface area contributed by atoms with Crippen LogP contribution in [0.4, 0.5) is 26.4 Å². The molecular formula is C47H53FN12O4. The molecule has 16 nitrogen and oxygen atoms in total. The lowest BCUT2D eigenvalue weighted by atomic mass is 9.95. The monoisotopic (exact) mass is 868 g/mol. The summed E-state index contributed by atoms with van der Waals surface area (Å²) in [5.41, 5.74) is 5.63. The minimum absolute atomic E-state index is 0.0726. The molecular weight excluding hydrogens is 816 g/mol. The zero-order valence-electron chi connectivity index (χ0n) is 36.8. The second kappa shape index (κ2) is 17.4. The Morgan fingerprint density at radius 1 is 0.922 bits per heavy atom. The number of hydrogen-bond acceptors (Lipinski definition) is 12. The predicted octanol–water partition coefficient (Wildman–Crippen LogP) is 6.79. The molecule has 9 rings (SSSR count). The van der Waals surface area contributed by atoms with Gasteiger partial charge in [-0.05, 0) is 92.3 Å². The molecule has 3 N–H and O–H groups in total. The van der Waals surface area contributed by atoms with Gasteiger partial charge in [-0.1, -0.05) is 32.0 Å². The molecule has 7 heterocycles. The molecule has 332 valence electrons. The van der Waals surface area contributed by atoms with Gasteiger partial charge in [0.1, 0.15) is 23.6 Å². The summed E-state index contributed by atoms with van der Waals surface area (Å²) in [6, 6.07) is 16.7. The summed E-state index contributed by atoms with van der Waals surface area (Å²) < 4.78 is 21.5. The molecule has 1 atom stereocenters. The number of rotatable bonds is 10. The third-order valence-electron chi connectivity index (χ3n) is 12.7. The summed E-state index contributed by atoms with van der Waals surface area (Å²) in [5, 5.41) is 9.77. The first kappa shape index (κ1) is 42.5. The molecule has 3 saturated heterocycles. The Morgan fingerprint density at radius 3 is 2.36 bits per heavy atom. The lowest BCUT2D eigenvalue weighted by Crippen LogP contribution is -2.49. The van der Waals surface area contributed by atoms with Gasteiger partial charge in [0.15, 0.2) is 0 Å². The summed E-state index contributed by atoms with van der Waals surface area (Å²) >= 11 is 0. The van der Waals surface area contributed by atoms with Gasteiger partial charge in [-0.2, -0.15) is 4.98 Å². The Kier molecular flexibility index (Phi) is 11.6. The number of piperidine rings is 1. The third kappa shape index (κ3) is 8.76. The van der Waals surface area contributed by atoms with Gasteiger partial charge in [0, 0.05) is 104 Å². The zero-order chi connectivity index (χ0) is 44.7. The number of nitrogens with one attached hydrogen (secondary N) is 3. The highest BCUT2D eigenvalue weighted by Crippen LogP contribution is 2.35. The summed E-state index contributed by atoms with van der Waals surface area (Å²) in [5.74, 6) is 0.695. The fourth-order valence-electron chi connectivity index (χ4n) is 8.91. The van der Waals surface area contributed by atoms with Gasteiger partial charge >= 0.3 is 6.03 Å². The molecule has 0 radical (unpaired) electrons. The normalized spacial score (nSPS) is 17.2. The lowest BCUT2D eigenvalue weighted by molar-refractivity contribution is -0.120. The van der Waals surface area contributed by atoms with Crippen molar-refractivity contribution in [1.29, 1.82) is 0 Å². The third-order valence-corrected chi connectivity index (χ3v) is 12.7. The largest absolute Gasteiger partial charge is 0.372 e. The lowest BCUT2D eigenvalue weighted by Gasteiger charge is -2.39. The number of aromatic nitrogens is 6. The van der Waals surface area contributed by atoms with Gasteiger partial charge in [-0.15, -0.1) is 0 Å². The average Bonchev–Trinajstić information content (AvgIpc) is 3.98. The molecule has 64 heavy (non-hydrogen) atoms. The summed E-state index contributed by atoms with van der Waals surface area (Å²) in [4.78, 5) is 67.1. The predicted molar refractivity (Wildman–Crippen MR) is 242 cm³/mol. The van der Waals surface area contributed by atoms with E-state index in [0.29, 0.717) is 58.2 Å². The Labute approximate surface area is 370 Å². The number of nitrogens with zero attached hydrogens (tertiary/aromatic N) is 9. The Bertz CT molecular complexity index is 2680. The number of imide groups is 1. The Hall–Kier alpha value is -6.75. The molecule has 0 saturated carbocycles. The number of hydrogen-bond donors (Lipinski definition) is 3. The van der Waals surface area contributed by atoms with Crippen molar-refractivity contribution in [2.24, 2.45) is 5.92 Å². The van der Waals surface area contributed by atoms with E-state index >= 15 is 4.39 Å². The van der Waals surface area contributed by atoms with Crippen LogP contribution in [0.15, 0.2) is 71.6 Å². The minimum atomic E-state index is -0.529. The van der Waals surface area contributed by atoms with Gasteiger partial charge in [0.2, 0.25) is 11.8 Å². The van der Waals surface area contributed by atoms with E-state index in [0.717, 1.165) is 87.1 Å². The van der Waals surface area contributed by atoms with Crippen LogP contribution < -0.4 is 25.3 Å². The second-order valence-electron chi connectivity index (χ2n) is 18.1. The molecule has 4 aromatic heterocycles. The number of halogens is 1. The number of amides is 4. The van der Waals surface area contributed by atoms with E-state index in [1.807, 2.05) is 51.2 Å². The van der Waals surface area contributed by atoms with E-state index in [2.05, 4.69) is 68.6 Å². The fraction of sp³-hybridized carbons (Fsp3) is 0.404. The van der Waals surface area contributed by atoms with E-state index < -0.39 is 23.2 Å². The molecule has 0 aliphatic carbocycles. The quantitative estimate of drug-likeness (QED) is 0.131. The standard InChI is InChI=1S/C47H53FN12O4/c1-28-34(29(2)52-44(62)43-55-45(64-56-43)47(3,4)5)11-12-35(40(28)48)41-36-24-37(53-42(36)51-27-50-41)31-6-13-38(49-25-31)59-22-20-57(21-23-59)26-30-14-17-58(18-15-30)32-7-9-33(10-8-32)60-19-16-39(61)54-46(60)63/h6-13,24-25,27,29-30H,14-23,26H2,1-5H3,(H,52,62)(H,50,51,53)(H,54,61,63). The number of fused-ring (bicyclic) bond motifs is 1. The number of benzene rings is 2. The maximum atomic E-state index is 16.2. The maximum Gasteiger partial charge on any atom is 0.328 e. The highest BCUT2D eigenvalue weighted by atomic mass is 19.1. The average molecular weight is 869 g/mol.